The van der Waals surface area contributed by atoms with Crippen LogP contribution in [0.1, 0.15) is 25.7 Å². The lowest BCUT2D eigenvalue weighted by atomic mass is 9.85. The van der Waals surface area contributed by atoms with Crippen LogP contribution in [0.3, 0.4) is 0 Å². The van der Waals surface area contributed by atoms with Crippen LogP contribution in [0.5, 0.6) is 0 Å². The van der Waals surface area contributed by atoms with Gasteiger partial charge in [0.05, 0.1) is 24.9 Å². The maximum atomic E-state index is 12.3. The molecule has 2 aliphatic rings. The van der Waals surface area contributed by atoms with E-state index in [9.17, 15) is 4.79 Å². The molecule has 10 heteroatoms. The largest absolute Gasteiger partial charge is 0.378 e. The van der Waals surface area contributed by atoms with Gasteiger partial charge >= 0.3 is 0 Å². The minimum atomic E-state index is 0.106. The number of morpholine rings is 1. The van der Waals surface area contributed by atoms with Crippen molar-refractivity contribution in [3.8, 4) is 11.4 Å². The molecule has 2 aromatic heterocycles. The summed E-state index contributed by atoms with van der Waals surface area (Å²) >= 11 is 0. The molecule has 2 fully saturated rings. The number of aromatic amines is 1. The molecule has 3 heterocycles. The van der Waals surface area contributed by atoms with Crippen molar-refractivity contribution in [2.45, 2.75) is 31.7 Å². The number of hydrogen-bond donors (Lipinski definition) is 2. The average molecular weight is 451 g/mol. The van der Waals surface area contributed by atoms with Crippen molar-refractivity contribution in [1.29, 1.82) is 0 Å². The molecule has 2 N–H and O–H groups in total. The topological polar surface area (TPSA) is 112 Å². The van der Waals surface area contributed by atoms with Crippen molar-refractivity contribution in [1.82, 2.24) is 30.0 Å². The summed E-state index contributed by atoms with van der Waals surface area (Å²) in [6.07, 6.45) is 5.37. The highest BCUT2D eigenvalue weighted by molar-refractivity contribution is 5.92. The highest BCUT2D eigenvalue weighted by Crippen LogP contribution is 2.30. The maximum absolute atomic E-state index is 12.3. The Bertz CT molecular complexity index is 1120. The van der Waals surface area contributed by atoms with Crippen molar-refractivity contribution in [2.24, 2.45) is 5.92 Å². The minimum absolute atomic E-state index is 0.106. The summed E-state index contributed by atoms with van der Waals surface area (Å²) in [6.45, 7) is 2.81. The van der Waals surface area contributed by atoms with E-state index < -0.39 is 0 Å². The third kappa shape index (κ3) is 4.61. The second-order valence-corrected chi connectivity index (χ2v) is 8.94. The van der Waals surface area contributed by atoms with Gasteiger partial charge in [-0.05, 0) is 31.7 Å². The van der Waals surface area contributed by atoms with E-state index in [1.54, 1.807) is 11.1 Å². The van der Waals surface area contributed by atoms with Gasteiger partial charge in [0.1, 0.15) is 0 Å². The molecule has 10 nitrogen and oxygen atoms in total. The van der Waals surface area contributed by atoms with Crippen LogP contribution in [0.15, 0.2) is 24.4 Å². The molecule has 0 spiro atoms. The van der Waals surface area contributed by atoms with Gasteiger partial charge in [-0.15, -0.1) is 0 Å². The number of aromatic nitrogens is 5. The predicted molar refractivity (Wildman–Crippen MR) is 126 cm³/mol. The van der Waals surface area contributed by atoms with Crippen LogP contribution < -0.4 is 10.2 Å². The summed E-state index contributed by atoms with van der Waals surface area (Å²) in [6, 6.07) is 6.21. The van der Waals surface area contributed by atoms with E-state index in [1.807, 2.05) is 32.3 Å². The summed E-state index contributed by atoms with van der Waals surface area (Å²) in [5.74, 6) is 2.18. The van der Waals surface area contributed by atoms with Gasteiger partial charge in [-0.3, -0.25) is 9.89 Å². The highest BCUT2D eigenvalue weighted by Gasteiger charge is 2.28. The molecule has 1 saturated heterocycles. The van der Waals surface area contributed by atoms with Crippen molar-refractivity contribution in [3.63, 3.8) is 0 Å². The summed E-state index contributed by atoms with van der Waals surface area (Å²) in [5, 5.41) is 11.7. The zero-order valence-electron chi connectivity index (χ0n) is 19.1. The number of fused-ring (bicyclic) bond motifs is 1. The normalized spacial score (nSPS) is 21.2. The van der Waals surface area contributed by atoms with Gasteiger partial charge in [-0.2, -0.15) is 20.1 Å². The van der Waals surface area contributed by atoms with Gasteiger partial charge in [-0.25, -0.2) is 0 Å². The van der Waals surface area contributed by atoms with Crippen LogP contribution in [0, 0.1) is 5.92 Å². The van der Waals surface area contributed by atoms with Crippen molar-refractivity contribution in [2.75, 3.05) is 50.6 Å². The quantitative estimate of drug-likeness (QED) is 0.609. The van der Waals surface area contributed by atoms with E-state index >= 15 is 0 Å². The minimum Gasteiger partial charge on any atom is -0.378 e. The molecule has 174 valence electrons. The SMILES string of the molecule is CN(C)C(=O)C1CCC(Nc2nc(-c3cccc4[nH]ncc34)nc(N3CCOCC3)n2)CC1. The molecule has 0 bridgehead atoms. The number of hydrogen-bond acceptors (Lipinski definition) is 8. The summed E-state index contributed by atoms with van der Waals surface area (Å²) in [7, 11) is 3.65. The Labute approximate surface area is 192 Å². The molecule has 0 unspecified atom stereocenters. The summed E-state index contributed by atoms with van der Waals surface area (Å²) < 4.78 is 5.51. The monoisotopic (exact) mass is 450 g/mol. The van der Waals surface area contributed by atoms with Gasteiger partial charge in [-0.1, -0.05) is 12.1 Å². The van der Waals surface area contributed by atoms with Crippen LogP contribution in [-0.2, 0) is 9.53 Å². The van der Waals surface area contributed by atoms with Crippen molar-refractivity contribution in [3.05, 3.63) is 24.4 Å². The number of carbonyl (C=O) groups excluding carboxylic acids is 1. The Morgan fingerprint density at radius 3 is 2.67 bits per heavy atom. The second kappa shape index (κ2) is 9.30. The molecule has 1 aromatic carbocycles. The molecule has 1 amide bonds. The van der Waals surface area contributed by atoms with E-state index in [-0.39, 0.29) is 17.9 Å². The summed E-state index contributed by atoms with van der Waals surface area (Å²) in [5.41, 5.74) is 1.86. The standard InChI is InChI=1S/C23H30N8O2/c1-30(2)21(32)15-6-8-16(9-7-15)25-22-26-20(17-4-3-5-19-18(17)14-24-29-19)27-23(28-22)31-10-12-33-13-11-31/h3-5,14-16H,6-13H2,1-2H3,(H,24,29)(H,25,26,27,28). The molecular formula is C23H30N8O2. The predicted octanol–water partition coefficient (Wildman–Crippen LogP) is 2.31. The number of carbonyl (C=O) groups is 1. The Morgan fingerprint density at radius 1 is 1.12 bits per heavy atom. The molecule has 1 saturated carbocycles. The van der Waals surface area contributed by atoms with Crippen LogP contribution in [-0.4, -0.2) is 82.4 Å². The van der Waals surface area contributed by atoms with Crippen LogP contribution >= 0.6 is 0 Å². The zero-order valence-corrected chi connectivity index (χ0v) is 19.1. The van der Waals surface area contributed by atoms with Gasteiger partial charge in [0, 0.05) is 50.1 Å². The molecule has 33 heavy (non-hydrogen) atoms. The third-order valence-corrected chi connectivity index (χ3v) is 6.49. The van der Waals surface area contributed by atoms with E-state index in [2.05, 4.69) is 20.4 Å². The number of anilines is 2. The van der Waals surface area contributed by atoms with E-state index in [0.29, 0.717) is 30.9 Å². The molecule has 0 atom stereocenters. The highest BCUT2D eigenvalue weighted by atomic mass is 16.5. The number of amides is 1. The van der Waals surface area contributed by atoms with E-state index in [1.165, 1.54) is 0 Å². The van der Waals surface area contributed by atoms with Gasteiger partial charge < -0.3 is 19.9 Å². The van der Waals surface area contributed by atoms with Crippen molar-refractivity contribution < 1.29 is 9.53 Å². The number of H-pyrrole nitrogens is 1. The van der Waals surface area contributed by atoms with Gasteiger partial charge in [0.15, 0.2) is 5.82 Å². The molecule has 5 rings (SSSR count). The molecule has 1 aliphatic heterocycles. The van der Waals surface area contributed by atoms with Crippen LogP contribution in [0.25, 0.3) is 22.3 Å². The Kier molecular flexibility index (Phi) is 6.08. The van der Waals surface area contributed by atoms with Crippen molar-refractivity contribution >= 4 is 28.7 Å². The lowest BCUT2D eigenvalue weighted by molar-refractivity contribution is -0.133. The zero-order chi connectivity index (χ0) is 22.8. The number of nitrogens with zero attached hydrogens (tertiary/aromatic N) is 6. The van der Waals surface area contributed by atoms with Gasteiger partial charge in [0.2, 0.25) is 17.8 Å². The maximum Gasteiger partial charge on any atom is 0.230 e. The van der Waals surface area contributed by atoms with Crippen LogP contribution in [0.2, 0.25) is 0 Å². The lowest BCUT2D eigenvalue weighted by Gasteiger charge is -2.30. The average Bonchev–Trinajstić information content (AvgIpc) is 3.33. The van der Waals surface area contributed by atoms with Gasteiger partial charge in [0.25, 0.3) is 0 Å². The first-order valence-corrected chi connectivity index (χ1v) is 11.6. The van der Waals surface area contributed by atoms with E-state index in [0.717, 1.165) is 55.2 Å². The number of benzene rings is 1. The smallest absolute Gasteiger partial charge is 0.230 e. The molecule has 1 aliphatic carbocycles. The Balaban J connectivity index is 1.42. The Hall–Kier alpha value is -3.27. The molecule has 3 aromatic rings. The lowest BCUT2D eigenvalue weighted by Crippen LogP contribution is -2.38. The molecule has 0 radical (unpaired) electrons. The number of nitrogens with one attached hydrogen (secondary N) is 2. The summed E-state index contributed by atoms with van der Waals surface area (Å²) in [4.78, 5) is 30.5. The first kappa shape index (κ1) is 21.6. The second-order valence-electron chi connectivity index (χ2n) is 8.94. The number of ether oxygens (including phenoxy) is 1. The first-order valence-electron chi connectivity index (χ1n) is 11.6. The fourth-order valence-electron chi connectivity index (χ4n) is 4.65. The fraction of sp³-hybridized carbons (Fsp3) is 0.522. The fourth-order valence-corrected chi connectivity index (χ4v) is 4.65. The first-order chi connectivity index (χ1) is 16.1. The Morgan fingerprint density at radius 2 is 1.91 bits per heavy atom. The van der Waals surface area contributed by atoms with Crippen LogP contribution in [0.4, 0.5) is 11.9 Å². The van der Waals surface area contributed by atoms with E-state index in [4.69, 9.17) is 19.7 Å². The third-order valence-electron chi connectivity index (χ3n) is 6.49. The number of rotatable bonds is 5. The molecular weight excluding hydrogens is 420 g/mol.